The average molecular weight is 367 g/mol. The molecule has 4 heteroatoms. The predicted molar refractivity (Wildman–Crippen MR) is 94.8 cm³/mol. The predicted octanol–water partition coefficient (Wildman–Crippen LogP) is 5.19. The van der Waals surface area contributed by atoms with E-state index in [-0.39, 0.29) is 0 Å². The Morgan fingerprint density at radius 2 is 1.82 bits per heavy atom. The molecule has 3 nitrogen and oxygen atoms in total. The van der Waals surface area contributed by atoms with Gasteiger partial charge in [0.25, 0.3) is 0 Å². The van der Waals surface area contributed by atoms with E-state index in [0.29, 0.717) is 6.61 Å². The fraction of sp³-hybridized carbons (Fsp3) is 0.444. The highest BCUT2D eigenvalue weighted by atomic mass is 79.9. The van der Waals surface area contributed by atoms with Gasteiger partial charge in [-0.05, 0) is 42.5 Å². The number of halogens is 1. The van der Waals surface area contributed by atoms with Crippen LogP contribution in [0.15, 0.2) is 30.3 Å². The van der Waals surface area contributed by atoms with Crippen LogP contribution in [0.25, 0.3) is 10.8 Å². The number of fused-ring (bicyclic) bond motifs is 1. The van der Waals surface area contributed by atoms with Gasteiger partial charge in [0.1, 0.15) is 5.75 Å². The van der Waals surface area contributed by atoms with Crippen LogP contribution in [0.2, 0.25) is 0 Å². The molecule has 0 unspecified atom stereocenters. The smallest absolute Gasteiger partial charge is 0.168 e. The lowest BCUT2D eigenvalue weighted by atomic mass is 10.1. The largest absolute Gasteiger partial charge is 0.494 e. The molecule has 0 radical (unpaired) electrons. The molecular weight excluding hydrogens is 344 g/mol. The number of ether oxygens (including phenoxy) is 3. The molecule has 22 heavy (non-hydrogen) atoms. The minimum Gasteiger partial charge on any atom is -0.494 e. The van der Waals surface area contributed by atoms with E-state index in [9.17, 15) is 0 Å². The first-order valence-corrected chi connectivity index (χ1v) is 8.84. The van der Waals surface area contributed by atoms with Crippen molar-refractivity contribution in [1.29, 1.82) is 0 Å². The standard InChI is InChI=1S/C18H23BrO3/c1-3-4-11-21-15-7-8-16-14(13-15)6-9-17(18(16)20-2)22-12-5-10-19/h6-9,13H,3-5,10-12H2,1-2H3. The molecule has 0 atom stereocenters. The molecular formula is C18H23BrO3. The van der Waals surface area contributed by atoms with Gasteiger partial charge in [-0.3, -0.25) is 0 Å². The summed E-state index contributed by atoms with van der Waals surface area (Å²) in [6.07, 6.45) is 3.17. The minimum atomic E-state index is 0.672. The highest BCUT2D eigenvalue weighted by molar-refractivity contribution is 9.09. The molecule has 2 aromatic carbocycles. The van der Waals surface area contributed by atoms with Crippen LogP contribution in [0.3, 0.4) is 0 Å². The van der Waals surface area contributed by atoms with Crippen LogP contribution in [0.1, 0.15) is 26.2 Å². The van der Waals surface area contributed by atoms with E-state index in [0.717, 1.165) is 59.2 Å². The normalized spacial score (nSPS) is 10.7. The Hall–Kier alpha value is -1.42. The Labute approximate surface area is 140 Å². The highest BCUT2D eigenvalue weighted by Crippen LogP contribution is 2.37. The van der Waals surface area contributed by atoms with Gasteiger partial charge < -0.3 is 14.2 Å². The van der Waals surface area contributed by atoms with Crippen LogP contribution in [0.5, 0.6) is 17.2 Å². The molecule has 2 rings (SSSR count). The second kappa shape index (κ2) is 8.89. The van der Waals surface area contributed by atoms with Crippen molar-refractivity contribution in [2.75, 3.05) is 25.7 Å². The maximum Gasteiger partial charge on any atom is 0.168 e. The monoisotopic (exact) mass is 366 g/mol. The van der Waals surface area contributed by atoms with E-state index < -0.39 is 0 Å². The molecule has 0 heterocycles. The van der Waals surface area contributed by atoms with Crippen molar-refractivity contribution < 1.29 is 14.2 Å². The van der Waals surface area contributed by atoms with Crippen molar-refractivity contribution in [1.82, 2.24) is 0 Å². The third-order valence-corrected chi connectivity index (χ3v) is 3.97. The Morgan fingerprint density at radius 1 is 1.00 bits per heavy atom. The average Bonchev–Trinajstić information content (AvgIpc) is 2.55. The fourth-order valence-corrected chi connectivity index (χ4v) is 2.47. The zero-order chi connectivity index (χ0) is 15.8. The quantitative estimate of drug-likeness (QED) is 0.451. The van der Waals surface area contributed by atoms with E-state index in [1.807, 2.05) is 24.3 Å². The number of benzene rings is 2. The van der Waals surface area contributed by atoms with Crippen LogP contribution in [0.4, 0.5) is 0 Å². The van der Waals surface area contributed by atoms with Gasteiger partial charge >= 0.3 is 0 Å². The van der Waals surface area contributed by atoms with E-state index >= 15 is 0 Å². The summed E-state index contributed by atoms with van der Waals surface area (Å²) in [7, 11) is 1.68. The molecule has 0 amide bonds. The van der Waals surface area contributed by atoms with Gasteiger partial charge in [0, 0.05) is 10.7 Å². The molecule has 0 saturated heterocycles. The molecule has 0 aliphatic heterocycles. The fourth-order valence-electron chi connectivity index (χ4n) is 2.24. The summed E-state index contributed by atoms with van der Waals surface area (Å²) in [6, 6.07) is 10.1. The molecule has 2 aromatic rings. The third-order valence-electron chi connectivity index (χ3n) is 3.41. The lowest BCUT2D eigenvalue weighted by molar-refractivity contribution is 0.297. The summed E-state index contributed by atoms with van der Waals surface area (Å²) in [5, 5.41) is 3.07. The molecule has 0 aliphatic rings. The van der Waals surface area contributed by atoms with Gasteiger partial charge in [0.05, 0.1) is 20.3 Å². The topological polar surface area (TPSA) is 27.7 Å². The SMILES string of the molecule is CCCCOc1ccc2c(OC)c(OCCCBr)ccc2c1. The van der Waals surface area contributed by atoms with Gasteiger partial charge in [-0.2, -0.15) is 0 Å². The lowest BCUT2D eigenvalue weighted by Crippen LogP contribution is -2.00. The number of alkyl halides is 1. The Kier molecular flexibility index (Phi) is 6.84. The Bertz CT molecular complexity index is 598. The summed E-state index contributed by atoms with van der Waals surface area (Å²) in [6.45, 7) is 3.59. The van der Waals surface area contributed by atoms with Gasteiger partial charge in [0.15, 0.2) is 11.5 Å². The number of unbranched alkanes of at least 4 members (excludes halogenated alkanes) is 1. The van der Waals surface area contributed by atoms with Crippen molar-refractivity contribution in [3.8, 4) is 17.2 Å². The van der Waals surface area contributed by atoms with Crippen LogP contribution in [-0.2, 0) is 0 Å². The first-order chi connectivity index (χ1) is 10.8. The van der Waals surface area contributed by atoms with Crippen molar-refractivity contribution in [3.63, 3.8) is 0 Å². The van der Waals surface area contributed by atoms with E-state index in [1.54, 1.807) is 7.11 Å². The molecule has 0 aromatic heterocycles. The summed E-state index contributed by atoms with van der Waals surface area (Å²) >= 11 is 3.41. The molecule has 0 aliphatic carbocycles. The summed E-state index contributed by atoms with van der Waals surface area (Å²) in [4.78, 5) is 0. The first-order valence-electron chi connectivity index (χ1n) is 7.72. The molecule has 120 valence electrons. The molecule has 0 saturated carbocycles. The Morgan fingerprint density at radius 3 is 2.55 bits per heavy atom. The number of rotatable bonds is 9. The van der Waals surface area contributed by atoms with Crippen LogP contribution >= 0.6 is 15.9 Å². The second-order valence-electron chi connectivity index (χ2n) is 5.07. The molecule has 0 N–H and O–H groups in total. The summed E-state index contributed by atoms with van der Waals surface area (Å²) in [5.41, 5.74) is 0. The minimum absolute atomic E-state index is 0.672. The number of hydrogen-bond donors (Lipinski definition) is 0. The van der Waals surface area contributed by atoms with Crippen LogP contribution in [0, 0.1) is 0 Å². The molecule has 0 spiro atoms. The van der Waals surface area contributed by atoms with E-state index in [1.165, 1.54) is 0 Å². The maximum absolute atomic E-state index is 5.80. The highest BCUT2D eigenvalue weighted by Gasteiger charge is 2.10. The van der Waals surface area contributed by atoms with Gasteiger partial charge in [-0.15, -0.1) is 0 Å². The molecule has 0 fully saturated rings. The van der Waals surface area contributed by atoms with E-state index in [4.69, 9.17) is 14.2 Å². The number of hydrogen-bond acceptors (Lipinski definition) is 3. The van der Waals surface area contributed by atoms with Crippen molar-refractivity contribution >= 4 is 26.7 Å². The van der Waals surface area contributed by atoms with Gasteiger partial charge in [-0.1, -0.05) is 35.3 Å². The first kappa shape index (κ1) is 16.9. The number of methoxy groups -OCH3 is 1. The van der Waals surface area contributed by atoms with Crippen molar-refractivity contribution in [2.45, 2.75) is 26.2 Å². The van der Waals surface area contributed by atoms with Crippen LogP contribution < -0.4 is 14.2 Å². The summed E-state index contributed by atoms with van der Waals surface area (Å²) < 4.78 is 17.1. The van der Waals surface area contributed by atoms with Crippen molar-refractivity contribution in [3.05, 3.63) is 30.3 Å². The maximum atomic E-state index is 5.80. The zero-order valence-electron chi connectivity index (χ0n) is 13.2. The van der Waals surface area contributed by atoms with Crippen LogP contribution in [-0.4, -0.2) is 25.7 Å². The lowest BCUT2D eigenvalue weighted by Gasteiger charge is -2.14. The summed E-state index contributed by atoms with van der Waals surface area (Å²) in [5.74, 6) is 2.47. The third kappa shape index (κ3) is 4.29. The zero-order valence-corrected chi connectivity index (χ0v) is 14.8. The second-order valence-corrected chi connectivity index (χ2v) is 5.87. The van der Waals surface area contributed by atoms with Gasteiger partial charge in [0.2, 0.25) is 0 Å². The van der Waals surface area contributed by atoms with E-state index in [2.05, 4.69) is 28.9 Å². The van der Waals surface area contributed by atoms with Gasteiger partial charge in [-0.25, -0.2) is 0 Å². The van der Waals surface area contributed by atoms with Crippen molar-refractivity contribution in [2.24, 2.45) is 0 Å². The Balaban J connectivity index is 2.22. The molecule has 0 bridgehead atoms.